The monoisotopic (exact) mass is 139 g/mol. The summed E-state index contributed by atoms with van der Waals surface area (Å²) in [6.07, 6.45) is 8.41. The molecule has 0 unspecified atom stereocenters. The van der Waals surface area contributed by atoms with Gasteiger partial charge in [0.2, 0.25) is 0 Å². The molecule has 0 spiro atoms. The van der Waals surface area contributed by atoms with Gasteiger partial charge in [-0.2, -0.15) is 0 Å². The van der Waals surface area contributed by atoms with Crippen LogP contribution in [-0.4, -0.2) is 13.1 Å². The maximum Gasteiger partial charge on any atom is -0.00146 e. The molecule has 0 aromatic carbocycles. The van der Waals surface area contributed by atoms with E-state index in [-0.39, 0.29) is 0 Å². The second kappa shape index (κ2) is 4.51. The Hall–Kier alpha value is -0.300. The molecule has 1 aliphatic rings. The third kappa shape index (κ3) is 2.53. The number of hydrogen-bond acceptors (Lipinski definition) is 1. The minimum atomic E-state index is 0.895. The molecule has 0 heterocycles. The first-order chi connectivity index (χ1) is 4.93. The Kier molecular flexibility index (Phi) is 3.52. The average Bonchev–Trinajstić information content (AvgIpc) is 2.41. The van der Waals surface area contributed by atoms with Gasteiger partial charge in [0.15, 0.2) is 0 Å². The Morgan fingerprint density at radius 3 is 2.70 bits per heavy atom. The summed E-state index contributed by atoms with van der Waals surface area (Å²) in [5.74, 6) is 0.895. The molecule has 10 heavy (non-hydrogen) atoms. The van der Waals surface area contributed by atoms with E-state index in [9.17, 15) is 0 Å². The quantitative estimate of drug-likeness (QED) is 0.463. The van der Waals surface area contributed by atoms with Gasteiger partial charge < -0.3 is 5.32 Å². The predicted octanol–water partition coefficient (Wildman–Crippen LogP) is 1.95. The van der Waals surface area contributed by atoms with Crippen molar-refractivity contribution >= 4 is 0 Å². The van der Waals surface area contributed by atoms with Crippen LogP contribution in [0, 0.1) is 5.92 Å². The standard InChI is InChI=1S/C9H17N/c1-2-7-10-8-9-5-3-4-6-9/h3-4,9-10H,2,5-8H2,1H3. The Bertz CT molecular complexity index is 99.3. The molecule has 0 amide bonds. The summed E-state index contributed by atoms with van der Waals surface area (Å²) >= 11 is 0. The van der Waals surface area contributed by atoms with Gasteiger partial charge in [0.05, 0.1) is 0 Å². The molecular weight excluding hydrogens is 122 g/mol. The third-order valence-corrected chi connectivity index (χ3v) is 1.97. The molecule has 0 aromatic rings. The lowest BCUT2D eigenvalue weighted by molar-refractivity contribution is 0.503. The van der Waals surface area contributed by atoms with Gasteiger partial charge in [0, 0.05) is 0 Å². The van der Waals surface area contributed by atoms with Crippen molar-refractivity contribution in [3.63, 3.8) is 0 Å². The molecular formula is C9H17N. The van der Waals surface area contributed by atoms with Gasteiger partial charge in [-0.1, -0.05) is 19.1 Å². The third-order valence-electron chi connectivity index (χ3n) is 1.97. The Balaban J connectivity index is 1.93. The van der Waals surface area contributed by atoms with Crippen LogP contribution in [-0.2, 0) is 0 Å². The van der Waals surface area contributed by atoms with Crippen LogP contribution in [0.4, 0.5) is 0 Å². The number of rotatable bonds is 4. The van der Waals surface area contributed by atoms with Gasteiger partial charge in [0.25, 0.3) is 0 Å². The summed E-state index contributed by atoms with van der Waals surface area (Å²) in [4.78, 5) is 0. The van der Waals surface area contributed by atoms with Crippen LogP contribution in [0.2, 0.25) is 0 Å². The molecule has 1 aliphatic carbocycles. The van der Waals surface area contributed by atoms with E-state index in [1.165, 1.54) is 32.4 Å². The fourth-order valence-electron chi connectivity index (χ4n) is 1.32. The van der Waals surface area contributed by atoms with Gasteiger partial charge >= 0.3 is 0 Å². The topological polar surface area (TPSA) is 12.0 Å². The van der Waals surface area contributed by atoms with E-state index < -0.39 is 0 Å². The molecule has 0 radical (unpaired) electrons. The zero-order valence-corrected chi connectivity index (χ0v) is 6.77. The Morgan fingerprint density at radius 2 is 2.10 bits per heavy atom. The van der Waals surface area contributed by atoms with Crippen molar-refractivity contribution in [3.05, 3.63) is 12.2 Å². The van der Waals surface area contributed by atoms with Crippen molar-refractivity contribution in [2.45, 2.75) is 26.2 Å². The molecule has 0 fully saturated rings. The normalized spacial score (nSPS) is 18.5. The number of hydrogen-bond donors (Lipinski definition) is 1. The summed E-state index contributed by atoms with van der Waals surface area (Å²) in [7, 11) is 0. The van der Waals surface area contributed by atoms with Gasteiger partial charge in [-0.3, -0.25) is 0 Å². The van der Waals surface area contributed by atoms with Crippen molar-refractivity contribution in [3.8, 4) is 0 Å². The summed E-state index contributed by atoms with van der Waals surface area (Å²) in [6.45, 7) is 4.59. The first kappa shape index (κ1) is 7.80. The van der Waals surface area contributed by atoms with Crippen LogP contribution in [0.5, 0.6) is 0 Å². The summed E-state index contributed by atoms with van der Waals surface area (Å²) < 4.78 is 0. The highest BCUT2D eigenvalue weighted by molar-refractivity contribution is 4.94. The molecule has 0 saturated heterocycles. The lowest BCUT2D eigenvalue weighted by atomic mass is 10.1. The van der Waals surface area contributed by atoms with Gasteiger partial charge in [-0.15, -0.1) is 0 Å². The first-order valence-electron chi connectivity index (χ1n) is 4.29. The number of nitrogens with one attached hydrogen (secondary N) is 1. The van der Waals surface area contributed by atoms with E-state index in [2.05, 4.69) is 24.4 Å². The van der Waals surface area contributed by atoms with E-state index >= 15 is 0 Å². The van der Waals surface area contributed by atoms with Crippen LogP contribution in [0.3, 0.4) is 0 Å². The molecule has 1 heteroatoms. The highest BCUT2D eigenvalue weighted by Crippen LogP contribution is 2.15. The SMILES string of the molecule is CCCNCC1CC=CC1. The summed E-state index contributed by atoms with van der Waals surface area (Å²) in [5.41, 5.74) is 0. The van der Waals surface area contributed by atoms with E-state index in [4.69, 9.17) is 0 Å². The zero-order valence-electron chi connectivity index (χ0n) is 6.77. The van der Waals surface area contributed by atoms with Gasteiger partial charge in [0.1, 0.15) is 0 Å². The molecule has 0 aliphatic heterocycles. The van der Waals surface area contributed by atoms with E-state index in [0.717, 1.165) is 5.92 Å². The predicted molar refractivity (Wildman–Crippen MR) is 45.0 cm³/mol. The molecule has 1 rings (SSSR count). The summed E-state index contributed by atoms with van der Waals surface area (Å²) in [5, 5.41) is 3.44. The van der Waals surface area contributed by atoms with Crippen LogP contribution < -0.4 is 5.32 Å². The fraction of sp³-hybridized carbons (Fsp3) is 0.778. The van der Waals surface area contributed by atoms with Gasteiger partial charge in [-0.25, -0.2) is 0 Å². The molecule has 0 atom stereocenters. The van der Waals surface area contributed by atoms with Crippen LogP contribution in [0.25, 0.3) is 0 Å². The fourth-order valence-corrected chi connectivity index (χ4v) is 1.32. The van der Waals surface area contributed by atoms with Crippen LogP contribution >= 0.6 is 0 Å². The second-order valence-corrected chi connectivity index (χ2v) is 3.01. The number of allylic oxidation sites excluding steroid dienone is 2. The molecule has 0 aromatic heterocycles. The average molecular weight is 139 g/mol. The largest absolute Gasteiger partial charge is 0.316 e. The maximum atomic E-state index is 3.44. The van der Waals surface area contributed by atoms with Crippen molar-refractivity contribution in [1.82, 2.24) is 5.32 Å². The van der Waals surface area contributed by atoms with Crippen molar-refractivity contribution in [2.24, 2.45) is 5.92 Å². The minimum absolute atomic E-state index is 0.895. The van der Waals surface area contributed by atoms with Crippen molar-refractivity contribution in [1.29, 1.82) is 0 Å². The highest BCUT2D eigenvalue weighted by atomic mass is 14.8. The van der Waals surface area contributed by atoms with Crippen LogP contribution in [0.15, 0.2) is 12.2 Å². The minimum Gasteiger partial charge on any atom is -0.316 e. The zero-order chi connectivity index (χ0) is 7.23. The van der Waals surface area contributed by atoms with Gasteiger partial charge in [-0.05, 0) is 38.3 Å². The lowest BCUT2D eigenvalue weighted by Crippen LogP contribution is -2.21. The van der Waals surface area contributed by atoms with E-state index in [1.54, 1.807) is 0 Å². The molecule has 0 saturated carbocycles. The first-order valence-corrected chi connectivity index (χ1v) is 4.29. The Morgan fingerprint density at radius 1 is 1.40 bits per heavy atom. The second-order valence-electron chi connectivity index (χ2n) is 3.01. The highest BCUT2D eigenvalue weighted by Gasteiger charge is 2.07. The van der Waals surface area contributed by atoms with Crippen molar-refractivity contribution < 1.29 is 0 Å². The van der Waals surface area contributed by atoms with Crippen molar-refractivity contribution in [2.75, 3.05) is 13.1 Å². The van der Waals surface area contributed by atoms with Crippen LogP contribution in [0.1, 0.15) is 26.2 Å². The lowest BCUT2D eigenvalue weighted by Gasteiger charge is -2.08. The molecule has 0 bridgehead atoms. The van der Waals surface area contributed by atoms with E-state index in [0.29, 0.717) is 0 Å². The smallest absolute Gasteiger partial charge is 0.00146 e. The summed E-state index contributed by atoms with van der Waals surface area (Å²) in [6, 6.07) is 0. The maximum absolute atomic E-state index is 3.44. The Labute approximate surface area is 63.5 Å². The molecule has 1 nitrogen and oxygen atoms in total. The van der Waals surface area contributed by atoms with E-state index in [1.807, 2.05) is 0 Å². The molecule has 58 valence electrons. The molecule has 1 N–H and O–H groups in total.